The second-order valence-electron chi connectivity index (χ2n) is 5.77. The van der Waals surface area contributed by atoms with Crippen molar-refractivity contribution in [3.05, 3.63) is 0 Å². The first-order valence-corrected chi connectivity index (χ1v) is 7.03. The molecule has 0 aromatic rings. The Morgan fingerprint density at radius 3 is 1.87 bits per heavy atom. The lowest BCUT2D eigenvalue weighted by Gasteiger charge is -2.54. The van der Waals surface area contributed by atoms with Crippen molar-refractivity contribution in [1.82, 2.24) is 0 Å². The Labute approximate surface area is 130 Å². The quantitative estimate of drug-likeness (QED) is 0.236. The van der Waals surface area contributed by atoms with Crippen LogP contribution in [0, 0.1) is 0 Å². The van der Waals surface area contributed by atoms with Crippen LogP contribution in [0.4, 0.5) is 0 Å². The SMILES string of the molecule is OC[C@H]1O[C@@H]([C@]2(O)[C@H](O)[C@@H](O)[C@@H](O)O[C@@H]2CO)[C@H](O)[C@@H](O)[C@@H]1O. The first kappa shape index (κ1) is 18.9. The predicted octanol–water partition coefficient (Wildman–Crippen LogP) is -6.01. The summed E-state index contributed by atoms with van der Waals surface area (Å²) in [6, 6.07) is 0. The molecule has 2 aliphatic heterocycles. The van der Waals surface area contributed by atoms with Crippen molar-refractivity contribution in [3.63, 3.8) is 0 Å². The largest absolute Gasteiger partial charge is 0.394 e. The highest BCUT2D eigenvalue weighted by Crippen LogP contribution is 2.38. The van der Waals surface area contributed by atoms with E-state index in [4.69, 9.17) is 14.6 Å². The smallest absolute Gasteiger partial charge is 0.184 e. The van der Waals surface area contributed by atoms with Gasteiger partial charge in [0.2, 0.25) is 0 Å². The van der Waals surface area contributed by atoms with E-state index in [1.807, 2.05) is 0 Å². The highest BCUT2D eigenvalue weighted by atomic mass is 16.6. The Morgan fingerprint density at radius 2 is 1.35 bits per heavy atom. The van der Waals surface area contributed by atoms with Crippen LogP contribution >= 0.6 is 0 Å². The molecule has 0 aromatic heterocycles. The summed E-state index contributed by atoms with van der Waals surface area (Å²) in [6.07, 6.45) is -16.4. The van der Waals surface area contributed by atoms with Gasteiger partial charge in [0.05, 0.1) is 13.2 Å². The monoisotopic (exact) mass is 342 g/mol. The minimum atomic E-state index is -2.64. The molecule has 0 aromatic carbocycles. The van der Waals surface area contributed by atoms with E-state index >= 15 is 0 Å². The van der Waals surface area contributed by atoms with E-state index < -0.39 is 73.9 Å². The van der Waals surface area contributed by atoms with E-state index in [0.717, 1.165) is 0 Å². The maximum atomic E-state index is 10.7. The highest BCUT2D eigenvalue weighted by molar-refractivity contribution is 5.11. The lowest BCUT2D eigenvalue weighted by Crippen LogP contribution is -2.77. The molecule has 11 heteroatoms. The highest BCUT2D eigenvalue weighted by Gasteiger charge is 2.63. The van der Waals surface area contributed by atoms with Crippen LogP contribution in [0.1, 0.15) is 0 Å². The molecule has 2 heterocycles. The van der Waals surface area contributed by atoms with Gasteiger partial charge in [-0.2, -0.15) is 0 Å². The fourth-order valence-corrected chi connectivity index (χ4v) is 3.00. The van der Waals surface area contributed by atoms with Crippen molar-refractivity contribution >= 4 is 0 Å². The average molecular weight is 342 g/mol. The molecule has 0 bridgehead atoms. The van der Waals surface area contributed by atoms with Crippen LogP contribution in [0.3, 0.4) is 0 Å². The van der Waals surface area contributed by atoms with Crippen molar-refractivity contribution in [1.29, 1.82) is 0 Å². The van der Waals surface area contributed by atoms with Gasteiger partial charge in [-0.05, 0) is 0 Å². The van der Waals surface area contributed by atoms with Gasteiger partial charge in [0.15, 0.2) is 11.9 Å². The van der Waals surface area contributed by atoms with Gasteiger partial charge in [-0.1, -0.05) is 0 Å². The Kier molecular flexibility index (Phi) is 5.60. The van der Waals surface area contributed by atoms with Crippen LogP contribution in [-0.2, 0) is 9.47 Å². The Bertz CT molecular complexity index is 402. The predicted molar refractivity (Wildman–Crippen MR) is 68.7 cm³/mol. The number of aliphatic hydroxyl groups is 9. The zero-order chi connectivity index (χ0) is 17.5. The van der Waals surface area contributed by atoms with E-state index in [1.54, 1.807) is 0 Å². The number of aliphatic hydroxyl groups excluding tert-OH is 8. The van der Waals surface area contributed by atoms with Crippen molar-refractivity contribution in [3.8, 4) is 0 Å². The van der Waals surface area contributed by atoms with Gasteiger partial charge in [0.25, 0.3) is 0 Å². The zero-order valence-corrected chi connectivity index (χ0v) is 12.0. The van der Waals surface area contributed by atoms with Gasteiger partial charge >= 0.3 is 0 Å². The molecule has 0 saturated carbocycles. The lowest BCUT2D eigenvalue weighted by molar-refractivity contribution is -0.367. The Balaban J connectivity index is 2.38. The third-order valence-corrected chi connectivity index (χ3v) is 4.42. The molecule has 11 nitrogen and oxygen atoms in total. The minimum Gasteiger partial charge on any atom is -0.394 e. The fraction of sp³-hybridized carbons (Fsp3) is 1.00. The van der Waals surface area contributed by atoms with Gasteiger partial charge < -0.3 is 55.4 Å². The molecule has 136 valence electrons. The summed E-state index contributed by atoms with van der Waals surface area (Å²) >= 11 is 0. The van der Waals surface area contributed by atoms with E-state index in [0.29, 0.717) is 0 Å². The molecular weight excluding hydrogens is 320 g/mol. The number of hydrogen-bond acceptors (Lipinski definition) is 11. The molecule has 0 unspecified atom stereocenters. The normalized spacial score (nSPS) is 54.9. The maximum Gasteiger partial charge on any atom is 0.184 e. The third kappa shape index (κ3) is 2.88. The summed E-state index contributed by atoms with van der Waals surface area (Å²) < 4.78 is 9.97. The van der Waals surface area contributed by atoms with Gasteiger partial charge in [0, 0.05) is 0 Å². The van der Waals surface area contributed by atoms with Gasteiger partial charge in [-0.15, -0.1) is 0 Å². The second-order valence-corrected chi connectivity index (χ2v) is 5.77. The second kappa shape index (κ2) is 6.82. The molecule has 0 radical (unpaired) electrons. The Morgan fingerprint density at radius 1 is 0.739 bits per heavy atom. The van der Waals surface area contributed by atoms with E-state index in [9.17, 15) is 40.9 Å². The van der Waals surface area contributed by atoms with Crippen LogP contribution in [0.25, 0.3) is 0 Å². The van der Waals surface area contributed by atoms with Crippen LogP contribution in [0.15, 0.2) is 0 Å². The first-order chi connectivity index (χ1) is 10.7. The van der Waals surface area contributed by atoms with Crippen LogP contribution < -0.4 is 0 Å². The molecule has 0 aliphatic carbocycles. The van der Waals surface area contributed by atoms with Crippen molar-refractivity contribution in [2.45, 2.75) is 60.7 Å². The topological polar surface area (TPSA) is 201 Å². The molecule has 23 heavy (non-hydrogen) atoms. The van der Waals surface area contributed by atoms with E-state index in [1.165, 1.54) is 0 Å². The molecule has 2 aliphatic rings. The molecule has 2 saturated heterocycles. The summed E-state index contributed by atoms with van der Waals surface area (Å²) in [6.45, 7) is -1.70. The molecule has 9 N–H and O–H groups in total. The third-order valence-electron chi connectivity index (χ3n) is 4.42. The van der Waals surface area contributed by atoms with E-state index in [-0.39, 0.29) is 0 Å². The zero-order valence-electron chi connectivity index (χ0n) is 12.0. The van der Waals surface area contributed by atoms with Crippen LogP contribution in [-0.4, -0.2) is 120 Å². The van der Waals surface area contributed by atoms with Crippen LogP contribution in [0.2, 0.25) is 0 Å². The van der Waals surface area contributed by atoms with Crippen molar-refractivity contribution < 1.29 is 55.4 Å². The fourth-order valence-electron chi connectivity index (χ4n) is 3.00. The summed E-state index contributed by atoms with van der Waals surface area (Å²) in [5.41, 5.74) is -2.64. The first-order valence-electron chi connectivity index (χ1n) is 7.03. The summed E-state index contributed by atoms with van der Waals surface area (Å²) in [5, 5.41) is 88.0. The van der Waals surface area contributed by atoms with Crippen molar-refractivity contribution in [2.75, 3.05) is 13.2 Å². The maximum absolute atomic E-state index is 10.7. The Hall–Kier alpha value is -0.440. The van der Waals surface area contributed by atoms with Gasteiger partial charge in [0.1, 0.15) is 48.8 Å². The minimum absolute atomic E-state index is 0.774. The molecular formula is C12H22O11. The summed E-state index contributed by atoms with van der Waals surface area (Å²) in [7, 11) is 0. The lowest BCUT2D eigenvalue weighted by atomic mass is 9.75. The van der Waals surface area contributed by atoms with Crippen LogP contribution in [0.5, 0.6) is 0 Å². The summed E-state index contributed by atoms with van der Waals surface area (Å²) in [4.78, 5) is 0. The molecule has 2 fully saturated rings. The molecule has 0 spiro atoms. The number of hydrogen-bond donors (Lipinski definition) is 9. The van der Waals surface area contributed by atoms with E-state index in [2.05, 4.69) is 0 Å². The number of rotatable bonds is 3. The summed E-state index contributed by atoms with van der Waals surface area (Å²) in [5.74, 6) is 0. The van der Waals surface area contributed by atoms with Crippen molar-refractivity contribution in [2.24, 2.45) is 0 Å². The molecule has 2 rings (SSSR count). The standard InChI is InChI=1S/C12H22O11/c13-1-3-5(15)6(16)7(17)10(22-3)12(21)4(2-14)23-11(20)8(18)9(12)19/h3-11,13-21H,1-2H2/t3-,4-,5-,6+,7-,8-,9-,10-,11+,12-/m1/s1. The van der Waals surface area contributed by atoms with Gasteiger partial charge in [-0.25, -0.2) is 0 Å². The average Bonchev–Trinajstić information content (AvgIpc) is 2.54. The number of ether oxygens (including phenoxy) is 2. The molecule has 10 atom stereocenters. The van der Waals surface area contributed by atoms with Gasteiger partial charge in [-0.3, -0.25) is 0 Å². The molecule has 0 amide bonds.